The highest BCUT2D eigenvalue weighted by molar-refractivity contribution is 7.07. The second-order valence-electron chi connectivity index (χ2n) is 5.21. The van der Waals surface area contributed by atoms with E-state index >= 15 is 0 Å². The molecule has 2 unspecified atom stereocenters. The van der Waals surface area contributed by atoms with Gasteiger partial charge in [-0.2, -0.15) is 0 Å². The average Bonchev–Trinajstić information content (AvgIpc) is 2.94. The van der Waals surface area contributed by atoms with E-state index in [0.29, 0.717) is 0 Å². The Hall–Kier alpha value is -2.48. The van der Waals surface area contributed by atoms with Crippen LogP contribution in [0.3, 0.4) is 0 Å². The van der Waals surface area contributed by atoms with Gasteiger partial charge in [0, 0.05) is 12.1 Å². The van der Waals surface area contributed by atoms with E-state index in [1.165, 1.54) is 22.1 Å². The lowest BCUT2D eigenvalue weighted by atomic mass is 9.98. The molecule has 1 N–H and O–H groups in total. The molecule has 1 aliphatic carbocycles. The van der Waals surface area contributed by atoms with E-state index in [2.05, 4.69) is 9.97 Å². The second kappa shape index (κ2) is 5.96. The molecule has 8 heteroatoms. The largest absolute Gasteiger partial charge is 0.462 e. The van der Waals surface area contributed by atoms with Crippen LogP contribution in [0.4, 0.5) is 0 Å². The molecule has 3 rings (SSSR count). The normalized spacial score (nSPS) is 19.4. The maximum absolute atomic E-state index is 12.2. The first kappa shape index (κ1) is 15.4. The van der Waals surface area contributed by atoms with Gasteiger partial charge >= 0.3 is 11.7 Å². The molecule has 2 aromatic heterocycles. The Kier molecular flexibility index (Phi) is 3.99. The van der Waals surface area contributed by atoms with Gasteiger partial charge in [0.1, 0.15) is 5.56 Å². The number of hydrogen-bond donors (Lipinski definition) is 1. The van der Waals surface area contributed by atoms with Gasteiger partial charge in [0.25, 0.3) is 5.56 Å². The number of rotatable bonds is 3. The van der Waals surface area contributed by atoms with Gasteiger partial charge in [0.15, 0.2) is 0 Å². The van der Waals surface area contributed by atoms with E-state index in [4.69, 9.17) is 4.74 Å². The lowest BCUT2D eigenvalue weighted by Gasteiger charge is -2.22. The van der Waals surface area contributed by atoms with Crippen molar-refractivity contribution in [2.45, 2.75) is 19.9 Å². The number of nitrogens with one attached hydrogen (secondary N) is 1. The third-order valence-corrected chi connectivity index (χ3v) is 4.50. The number of ether oxygens (including phenoxy) is 1. The summed E-state index contributed by atoms with van der Waals surface area (Å²) >= 11 is 1.48. The van der Waals surface area contributed by atoms with Crippen LogP contribution in [0.15, 0.2) is 21.3 Å². The SMILES string of the molecule is CCOC(=O)c1cn(C2C=c3scnc3=CC2C)c(=O)[nH]c1=O. The first-order chi connectivity index (χ1) is 11.0. The molecular formula is C15H15N3O4S. The fourth-order valence-electron chi connectivity index (χ4n) is 2.56. The summed E-state index contributed by atoms with van der Waals surface area (Å²) in [6.45, 7) is 3.76. The van der Waals surface area contributed by atoms with Crippen molar-refractivity contribution in [1.82, 2.24) is 14.5 Å². The maximum Gasteiger partial charge on any atom is 0.345 e. The van der Waals surface area contributed by atoms with Crippen molar-refractivity contribution < 1.29 is 9.53 Å². The van der Waals surface area contributed by atoms with Gasteiger partial charge in [-0.1, -0.05) is 13.0 Å². The fourth-order valence-corrected chi connectivity index (χ4v) is 3.30. The smallest absolute Gasteiger partial charge is 0.345 e. The topological polar surface area (TPSA) is 94.1 Å². The summed E-state index contributed by atoms with van der Waals surface area (Å²) in [5.41, 5.74) is 0.266. The van der Waals surface area contributed by atoms with Crippen molar-refractivity contribution in [3.05, 3.63) is 48.0 Å². The molecule has 0 saturated carbocycles. The molecule has 23 heavy (non-hydrogen) atoms. The Morgan fingerprint density at radius 1 is 1.43 bits per heavy atom. The van der Waals surface area contributed by atoms with Gasteiger partial charge in [-0.3, -0.25) is 14.3 Å². The van der Waals surface area contributed by atoms with Crippen molar-refractivity contribution in [3.63, 3.8) is 0 Å². The van der Waals surface area contributed by atoms with E-state index in [0.717, 1.165) is 9.88 Å². The quantitative estimate of drug-likeness (QED) is 0.773. The van der Waals surface area contributed by atoms with Gasteiger partial charge in [0.2, 0.25) is 0 Å². The van der Waals surface area contributed by atoms with E-state index in [-0.39, 0.29) is 24.1 Å². The number of hydrogen-bond acceptors (Lipinski definition) is 6. The number of thiazole rings is 1. The molecular weight excluding hydrogens is 318 g/mol. The van der Waals surface area contributed by atoms with Gasteiger partial charge in [0.05, 0.1) is 28.0 Å². The van der Waals surface area contributed by atoms with Gasteiger partial charge in [-0.05, 0) is 13.0 Å². The second-order valence-corrected chi connectivity index (χ2v) is 6.10. The molecule has 2 atom stereocenters. The van der Waals surface area contributed by atoms with Crippen LogP contribution in [0.25, 0.3) is 12.2 Å². The number of carbonyl (C=O) groups excluding carboxylic acids is 1. The summed E-state index contributed by atoms with van der Waals surface area (Å²) in [6.07, 6.45) is 5.17. The number of H-pyrrole nitrogens is 1. The summed E-state index contributed by atoms with van der Waals surface area (Å²) in [6, 6.07) is -0.305. The third-order valence-electron chi connectivity index (χ3n) is 3.69. The van der Waals surface area contributed by atoms with Crippen LogP contribution in [-0.4, -0.2) is 27.1 Å². The number of esters is 1. The summed E-state index contributed by atoms with van der Waals surface area (Å²) in [7, 11) is 0. The minimum atomic E-state index is -0.742. The molecule has 2 heterocycles. The van der Waals surface area contributed by atoms with Crippen molar-refractivity contribution in [1.29, 1.82) is 0 Å². The molecule has 0 amide bonds. The predicted molar refractivity (Wildman–Crippen MR) is 85.8 cm³/mol. The zero-order chi connectivity index (χ0) is 16.6. The Balaban J connectivity index is 2.13. The van der Waals surface area contributed by atoms with Crippen LogP contribution >= 0.6 is 11.3 Å². The van der Waals surface area contributed by atoms with E-state index < -0.39 is 17.2 Å². The minimum absolute atomic E-state index is 0.0109. The van der Waals surface area contributed by atoms with Gasteiger partial charge < -0.3 is 4.74 Å². The molecule has 120 valence electrons. The van der Waals surface area contributed by atoms with Crippen molar-refractivity contribution >= 4 is 29.5 Å². The van der Waals surface area contributed by atoms with E-state index in [9.17, 15) is 14.4 Å². The van der Waals surface area contributed by atoms with Crippen LogP contribution in [0.1, 0.15) is 30.2 Å². The number of fused-ring (bicyclic) bond motifs is 1. The molecule has 0 aliphatic heterocycles. The van der Waals surface area contributed by atoms with Crippen LogP contribution in [0.5, 0.6) is 0 Å². The molecule has 0 spiro atoms. The van der Waals surface area contributed by atoms with Gasteiger partial charge in [-0.15, -0.1) is 11.3 Å². The van der Waals surface area contributed by atoms with Crippen LogP contribution < -0.4 is 21.1 Å². The summed E-state index contributed by atoms with van der Waals surface area (Å²) < 4.78 is 7.18. The van der Waals surface area contributed by atoms with Crippen LogP contribution in [0, 0.1) is 5.92 Å². The Morgan fingerprint density at radius 2 is 2.22 bits per heavy atom. The number of carbonyl (C=O) groups is 1. The molecule has 0 bridgehead atoms. The summed E-state index contributed by atoms with van der Waals surface area (Å²) in [5.74, 6) is -0.753. The molecule has 7 nitrogen and oxygen atoms in total. The standard InChI is InChI=1S/C15H15N3O4S/c1-3-22-14(20)9-6-18(15(21)17-13(9)19)11-5-12-10(4-8(11)2)16-7-23-12/h4-8,11H,3H2,1-2H3,(H,17,19,21). The molecule has 0 radical (unpaired) electrons. The van der Waals surface area contributed by atoms with Crippen LogP contribution in [0.2, 0.25) is 0 Å². The summed E-state index contributed by atoms with van der Waals surface area (Å²) in [5, 5.41) is 0.891. The number of nitrogens with zero attached hydrogens (tertiary/aromatic N) is 2. The Bertz CT molecular complexity index is 985. The maximum atomic E-state index is 12.2. The summed E-state index contributed by atoms with van der Waals surface area (Å²) in [4.78, 5) is 42.3. The number of aromatic amines is 1. The lowest BCUT2D eigenvalue weighted by molar-refractivity contribution is 0.0522. The van der Waals surface area contributed by atoms with E-state index in [1.54, 1.807) is 12.4 Å². The van der Waals surface area contributed by atoms with Crippen LogP contribution in [-0.2, 0) is 4.74 Å². The zero-order valence-electron chi connectivity index (χ0n) is 12.6. The molecule has 2 aromatic rings. The highest BCUT2D eigenvalue weighted by atomic mass is 32.1. The molecule has 0 aromatic carbocycles. The van der Waals surface area contributed by atoms with Crippen molar-refractivity contribution in [2.24, 2.45) is 5.92 Å². The predicted octanol–water partition coefficient (Wildman–Crippen LogP) is -0.378. The first-order valence-electron chi connectivity index (χ1n) is 7.17. The van der Waals surface area contributed by atoms with Gasteiger partial charge in [-0.25, -0.2) is 14.6 Å². The molecule has 0 fully saturated rings. The molecule has 1 aliphatic rings. The number of aromatic nitrogens is 3. The van der Waals surface area contributed by atoms with Crippen molar-refractivity contribution in [3.8, 4) is 0 Å². The third kappa shape index (κ3) is 2.77. The lowest BCUT2D eigenvalue weighted by Crippen LogP contribution is -2.39. The monoisotopic (exact) mass is 333 g/mol. The first-order valence-corrected chi connectivity index (χ1v) is 8.05. The average molecular weight is 333 g/mol. The Morgan fingerprint density at radius 3 is 2.96 bits per heavy atom. The zero-order valence-corrected chi connectivity index (χ0v) is 13.4. The Labute approximate surface area is 134 Å². The van der Waals surface area contributed by atoms with E-state index in [1.807, 2.05) is 19.1 Å². The minimum Gasteiger partial charge on any atom is -0.462 e. The highest BCUT2D eigenvalue weighted by Gasteiger charge is 2.23. The highest BCUT2D eigenvalue weighted by Crippen LogP contribution is 2.21. The van der Waals surface area contributed by atoms with Crippen molar-refractivity contribution in [2.75, 3.05) is 6.61 Å². The molecule has 0 saturated heterocycles. The fraction of sp³-hybridized carbons (Fsp3) is 0.333.